The van der Waals surface area contributed by atoms with Gasteiger partial charge in [0.25, 0.3) is 0 Å². The molecule has 146 valence electrons. The number of aromatic nitrogens is 1. The summed E-state index contributed by atoms with van der Waals surface area (Å²) < 4.78 is 12.7. The third-order valence-electron chi connectivity index (χ3n) is 4.61. The van der Waals surface area contributed by atoms with E-state index in [4.69, 9.17) is 32.7 Å². The maximum Gasteiger partial charge on any atom is 0.221 e. The summed E-state index contributed by atoms with van der Waals surface area (Å²) in [7, 11) is 3.15. The number of ether oxygens (including phenoxy) is 2. The Hall–Kier alpha value is -2.09. The fourth-order valence-corrected chi connectivity index (χ4v) is 4.30. The van der Waals surface area contributed by atoms with Crippen LogP contribution in [0.5, 0.6) is 17.4 Å². The number of halogens is 2. The molecule has 3 aromatic rings. The lowest BCUT2D eigenvalue weighted by atomic mass is 10.2. The zero-order valence-electron chi connectivity index (χ0n) is 15.1. The lowest BCUT2D eigenvalue weighted by molar-refractivity contribution is 0.355. The lowest BCUT2D eigenvalue weighted by Crippen LogP contribution is -2.22. The summed E-state index contributed by atoms with van der Waals surface area (Å²) in [5.41, 5.74) is 1.64. The van der Waals surface area contributed by atoms with E-state index in [2.05, 4.69) is 10.2 Å². The standard InChI is InChI=1S/C19H17Cl2N3O3S/c1-26-16-6-12-15(7-17(16)27-2)24(11-8-28-9-11)19(25)18(12)23-22-14-4-3-10(20)5-13(14)21/h3-7,11,25H,8-9H2,1-2H3. The molecule has 1 aliphatic rings. The fraction of sp³-hybridized carbons (Fsp3) is 0.263. The first-order valence-electron chi connectivity index (χ1n) is 8.47. The topological polar surface area (TPSA) is 68.3 Å². The van der Waals surface area contributed by atoms with Gasteiger partial charge in [0, 0.05) is 28.0 Å². The van der Waals surface area contributed by atoms with Crippen molar-refractivity contribution in [1.29, 1.82) is 0 Å². The molecule has 0 radical (unpaired) electrons. The van der Waals surface area contributed by atoms with Gasteiger partial charge in [-0.25, -0.2) is 0 Å². The largest absolute Gasteiger partial charge is 0.493 e. The summed E-state index contributed by atoms with van der Waals surface area (Å²) in [6.45, 7) is 0. The summed E-state index contributed by atoms with van der Waals surface area (Å²) in [6.07, 6.45) is 0. The quantitative estimate of drug-likeness (QED) is 0.470. The highest BCUT2D eigenvalue weighted by Gasteiger charge is 2.28. The number of hydrogen-bond acceptors (Lipinski definition) is 6. The Balaban J connectivity index is 1.89. The third-order valence-corrected chi connectivity index (χ3v) is 6.39. The molecule has 1 aliphatic heterocycles. The molecule has 2 heterocycles. The van der Waals surface area contributed by atoms with Crippen molar-refractivity contribution in [2.24, 2.45) is 10.2 Å². The van der Waals surface area contributed by atoms with Gasteiger partial charge in [-0.15, -0.1) is 10.2 Å². The van der Waals surface area contributed by atoms with E-state index in [9.17, 15) is 5.11 Å². The molecule has 28 heavy (non-hydrogen) atoms. The van der Waals surface area contributed by atoms with E-state index in [1.165, 1.54) is 0 Å². The summed E-state index contributed by atoms with van der Waals surface area (Å²) in [5, 5.41) is 21.1. The Bertz CT molecular complexity index is 1080. The van der Waals surface area contributed by atoms with Crippen LogP contribution in [0.1, 0.15) is 6.04 Å². The molecule has 6 nitrogen and oxygen atoms in total. The van der Waals surface area contributed by atoms with E-state index < -0.39 is 0 Å². The highest BCUT2D eigenvalue weighted by Crippen LogP contribution is 2.48. The second kappa shape index (κ2) is 7.73. The summed E-state index contributed by atoms with van der Waals surface area (Å²) in [4.78, 5) is 0. The minimum absolute atomic E-state index is 0.0597. The monoisotopic (exact) mass is 437 g/mol. The number of methoxy groups -OCH3 is 2. The average molecular weight is 438 g/mol. The molecule has 0 bridgehead atoms. The van der Waals surface area contributed by atoms with Gasteiger partial charge in [0.15, 0.2) is 17.2 Å². The van der Waals surface area contributed by atoms with Gasteiger partial charge in [-0.1, -0.05) is 23.2 Å². The van der Waals surface area contributed by atoms with Crippen LogP contribution in [-0.4, -0.2) is 35.4 Å². The van der Waals surface area contributed by atoms with Crippen molar-refractivity contribution in [1.82, 2.24) is 4.57 Å². The normalized spacial score (nSPS) is 14.6. The number of azo groups is 1. The van der Waals surface area contributed by atoms with Gasteiger partial charge in [0.05, 0.1) is 30.8 Å². The Morgan fingerprint density at radius 3 is 2.39 bits per heavy atom. The van der Waals surface area contributed by atoms with Crippen LogP contribution in [0.15, 0.2) is 40.6 Å². The molecule has 1 fully saturated rings. The molecule has 0 spiro atoms. The second-order valence-electron chi connectivity index (χ2n) is 6.25. The van der Waals surface area contributed by atoms with Crippen LogP contribution in [0.2, 0.25) is 10.0 Å². The van der Waals surface area contributed by atoms with E-state index >= 15 is 0 Å². The van der Waals surface area contributed by atoms with Gasteiger partial charge in [-0.3, -0.25) is 0 Å². The number of thioether (sulfide) groups is 1. The first-order chi connectivity index (χ1) is 13.5. The van der Waals surface area contributed by atoms with E-state index in [0.29, 0.717) is 32.9 Å². The molecule has 2 aromatic carbocycles. The number of aromatic hydroxyl groups is 1. The Morgan fingerprint density at radius 2 is 1.79 bits per heavy atom. The predicted octanol–water partition coefficient (Wildman–Crippen LogP) is 6.37. The molecule has 0 saturated carbocycles. The highest BCUT2D eigenvalue weighted by molar-refractivity contribution is 8.00. The van der Waals surface area contributed by atoms with Crippen LogP contribution in [-0.2, 0) is 0 Å². The zero-order chi connectivity index (χ0) is 19.8. The first kappa shape index (κ1) is 19.2. The summed E-state index contributed by atoms with van der Waals surface area (Å²) in [5.74, 6) is 3.04. The molecule has 1 N–H and O–H groups in total. The van der Waals surface area contributed by atoms with Gasteiger partial charge in [0.2, 0.25) is 5.88 Å². The molecule has 1 saturated heterocycles. The van der Waals surface area contributed by atoms with Crippen molar-refractivity contribution in [2.45, 2.75) is 6.04 Å². The smallest absolute Gasteiger partial charge is 0.221 e. The van der Waals surface area contributed by atoms with Crippen molar-refractivity contribution >= 4 is 57.2 Å². The molecular weight excluding hydrogens is 421 g/mol. The fourth-order valence-electron chi connectivity index (χ4n) is 3.11. The lowest BCUT2D eigenvalue weighted by Gasteiger charge is -2.28. The van der Waals surface area contributed by atoms with Crippen molar-refractivity contribution < 1.29 is 14.6 Å². The van der Waals surface area contributed by atoms with Crippen LogP contribution in [0.3, 0.4) is 0 Å². The average Bonchev–Trinajstić information content (AvgIpc) is 2.90. The van der Waals surface area contributed by atoms with Gasteiger partial charge < -0.3 is 19.1 Å². The Morgan fingerprint density at radius 1 is 1.07 bits per heavy atom. The van der Waals surface area contributed by atoms with E-state index in [1.54, 1.807) is 38.5 Å². The van der Waals surface area contributed by atoms with Crippen LogP contribution < -0.4 is 9.47 Å². The summed E-state index contributed by atoms with van der Waals surface area (Å²) in [6, 6.07) is 8.80. The predicted molar refractivity (Wildman–Crippen MR) is 114 cm³/mol. The summed E-state index contributed by atoms with van der Waals surface area (Å²) >= 11 is 13.9. The van der Waals surface area contributed by atoms with Crippen molar-refractivity contribution in [3.05, 3.63) is 40.4 Å². The van der Waals surface area contributed by atoms with Gasteiger partial charge in [-0.05, 0) is 24.3 Å². The second-order valence-corrected chi connectivity index (χ2v) is 8.17. The minimum Gasteiger partial charge on any atom is -0.493 e. The van der Waals surface area contributed by atoms with Crippen LogP contribution in [0.25, 0.3) is 10.9 Å². The maximum atomic E-state index is 10.9. The molecule has 0 aliphatic carbocycles. The van der Waals surface area contributed by atoms with E-state index in [0.717, 1.165) is 22.4 Å². The molecule has 0 unspecified atom stereocenters. The molecule has 1 aromatic heterocycles. The number of nitrogens with zero attached hydrogens (tertiary/aromatic N) is 3. The van der Waals surface area contributed by atoms with E-state index in [1.807, 2.05) is 22.4 Å². The third kappa shape index (κ3) is 3.27. The van der Waals surface area contributed by atoms with Crippen molar-refractivity contribution in [2.75, 3.05) is 25.7 Å². The molecular formula is C19H17Cl2N3O3S. The van der Waals surface area contributed by atoms with Crippen LogP contribution in [0.4, 0.5) is 11.4 Å². The molecule has 4 rings (SSSR count). The Labute approximate surface area is 176 Å². The van der Waals surface area contributed by atoms with Gasteiger partial charge in [0.1, 0.15) is 5.69 Å². The van der Waals surface area contributed by atoms with Crippen molar-refractivity contribution in [3.8, 4) is 17.4 Å². The maximum absolute atomic E-state index is 10.9. The first-order valence-corrected chi connectivity index (χ1v) is 10.4. The number of hydrogen-bond donors (Lipinski definition) is 1. The number of benzene rings is 2. The Kier molecular flexibility index (Phi) is 5.31. The molecule has 0 atom stereocenters. The number of rotatable bonds is 5. The van der Waals surface area contributed by atoms with E-state index in [-0.39, 0.29) is 11.9 Å². The van der Waals surface area contributed by atoms with Gasteiger partial charge in [-0.2, -0.15) is 11.8 Å². The minimum atomic E-state index is 0.0597. The molecule has 9 heteroatoms. The number of fused-ring (bicyclic) bond motifs is 1. The van der Waals surface area contributed by atoms with Crippen LogP contribution >= 0.6 is 35.0 Å². The molecule has 0 amide bonds. The highest BCUT2D eigenvalue weighted by atomic mass is 35.5. The van der Waals surface area contributed by atoms with Crippen LogP contribution in [0, 0.1) is 0 Å². The SMILES string of the molecule is COc1cc2c(N=Nc3ccc(Cl)cc3Cl)c(O)n(C3CSC3)c2cc1OC. The van der Waals surface area contributed by atoms with Gasteiger partial charge >= 0.3 is 0 Å². The van der Waals surface area contributed by atoms with Crippen molar-refractivity contribution in [3.63, 3.8) is 0 Å². The zero-order valence-corrected chi connectivity index (χ0v) is 17.5.